The topological polar surface area (TPSA) is 93.5 Å². The third-order valence-electron chi connectivity index (χ3n) is 4.19. The number of aromatic nitrogens is 2. The second-order valence-corrected chi connectivity index (χ2v) is 8.55. The standard InChI is InChI=1S/C16H13Cl2F3N4O4S/c1-8-13(22-14-11(18)6-24(7-25(8)14)16(19,20)21)15(26)23-30(27,28)12-5-9(29-2)3-4-10(12)17/h3-6H,7H2,1-2H3,(H,23,26). The van der Waals surface area contributed by atoms with Gasteiger partial charge in [-0.1, -0.05) is 23.2 Å². The molecule has 0 saturated heterocycles. The maximum absolute atomic E-state index is 13.0. The molecule has 2 aromatic rings. The Morgan fingerprint density at radius 1 is 1.30 bits per heavy atom. The lowest BCUT2D eigenvalue weighted by atomic mass is 10.3. The lowest BCUT2D eigenvalue weighted by molar-refractivity contribution is -0.237. The van der Waals surface area contributed by atoms with Crippen LogP contribution in [0.25, 0.3) is 5.03 Å². The predicted octanol–water partition coefficient (Wildman–Crippen LogP) is 3.30. The Hall–Kier alpha value is -2.44. The highest BCUT2D eigenvalue weighted by atomic mass is 35.5. The molecule has 0 spiro atoms. The first-order valence-corrected chi connectivity index (χ1v) is 10.3. The molecule has 2 heterocycles. The van der Waals surface area contributed by atoms with E-state index in [0.29, 0.717) is 6.20 Å². The van der Waals surface area contributed by atoms with Crippen LogP contribution in [0.2, 0.25) is 5.02 Å². The van der Waals surface area contributed by atoms with Crippen LogP contribution < -0.4 is 9.46 Å². The Balaban J connectivity index is 1.94. The van der Waals surface area contributed by atoms with Crippen molar-refractivity contribution in [3.05, 3.63) is 46.6 Å². The number of carbonyl (C=O) groups excluding carboxylic acids is 1. The van der Waals surface area contributed by atoms with Gasteiger partial charge < -0.3 is 9.30 Å². The first kappa shape index (κ1) is 22.2. The molecule has 0 bridgehead atoms. The van der Waals surface area contributed by atoms with E-state index in [1.807, 2.05) is 0 Å². The summed E-state index contributed by atoms with van der Waals surface area (Å²) in [5, 5.41) is -0.525. The minimum absolute atomic E-state index is 0.00469. The summed E-state index contributed by atoms with van der Waals surface area (Å²) in [7, 11) is -3.12. The number of fused-ring (bicyclic) bond motifs is 1. The molecule has 0 unspecified atom stereocenters. The fourth-order valence-electron chi connectivity index (χ4n) is 2.69. The number of hydrogen-bond acceptors (Lipinski definition) is 6. The van der Waals surface area contributed by atoms with Gasteiger partial charge in [0.1, 0.15) is 17.3 Å². The van der Waals surface area contributed by atoms with Crippen molar-refractivity contribution in [2.24, 2.45) is 0 Å². The number of carbonyl (C=O) groups is 1. The first-order valence-electron chi connectivity index (χ1n) is 8.04. The Morgan fingerprint density at radius 3 is 2.57 bits per heavy atom. The molecule has 1 aliphatic heterocycles. The summed E-state index contributed by atoms with van der Waals surface area (Å²) in [6.07, 6.45) is -4.07. The largest absolute Gasteiger partial charge is 0.497 e. The van der Waals surface area contributed by atoms with Gasteiger partial charge in [-0.15, -0.1) is 0 Å². The normalized spacial score (nSPS) is 14.2. The van der Waals surface area contributed by atoms with Gasteiger partial charge in [0.05, 0.1) is 17.2 Å². The predicted molar refractivity (Wildman–Crippen MR) is 101 cm³/mol. The van der Waals surface area contributed by atoms with E-state index >= 15 is 0 Å². The Kier molecular flexibility index (Phi) is 5.69. The summed E-state index contributed by atoms with van der Waals surface area (Å²) in [5.74, 6) is -1.07. The van der Waals surface area contributed by atoms with Crippen LogP contribution in [0.4, 0.5) is 13.2 Å². The van der Waals surface area contributed by atoms with Crippen molar-refractivity contribution in [2.75, 3.05) is 7.11 Å². The van der Waals surface area contributed by atoms with E-state index in [9.17, 15) is 26.4 Å². The highest BCUT2D eigenvalue weighted by molar-refractivity contribution is 7.90. The van der Waals surface area contributed by atoms with E-state index < -0.39 is 39.5 Å². The number of sulfonamides is 1. The Bertz CT molecular complexity index is 1160. The smallest absolute Gasteiger partial charge is 0.485 e. The van der Waals surface area contributed by atoms with Crippen molar-refractivity contribution >= 4 is 44.2 Å². The number of rotatable bonds is 4. The molecule has 1 aromatic heterocycles. The number of ether oxygens (including phenoxy) is 1. The number of amides is 1. The Morgan fingerprint density at radius 2 is 1.97 bits per heavy atom. The second kappa shape index (κ2) is 7.67. The Labute approximate surface area is 178 Å². The van der Waals surface area contributed by atoms with Crippen molar-refractivity contribution in [2.45, 2.75) is 24.8 Å². The van der Waals surface area contributed by atoms with Crippen molar-refractivity contribution in [1.29, 1.82) is 0 Å². The van der Waals surface area contributed by atoms with Crippen LogP contribution in [0.3, 0.4) is 0 Å². The van der Waals surface area contributed by atoms with Gasteiger partial charge in [0, 0.05) is 18.0 Å². The van der Waals surface area contributed by atoms with E-state index in [4.69, 9.17) is 27.9 Å². The van der Waals surface area contributed by atoms with Crippen LogP contribution >= 0.6 is 23.2 Å². The van der Waals surface area contributed by atoms with Crippen LogP contribution in [0.5, 0.6) is 5.75 Å². The molecule has 1 aliphatic rings. The number of nitrogens with one attached hydrogen (secondary N) is 1. The molecule has 1 N–H and O–H groups in total. The SMILES string of the molecule is COc1ccc(Cl)c(S(=O)(=O)NC(=O)c2nc3n(c2C)CN(C(F)(F)F)C=C3Cl)c1. The molecule has 162 valence electrons. The average Bonchev–Trinajstić information content (AvgIpc) is 2.98. The number of nitrogens with zero attached hydrogens (tertiary/aromatic N) is 3. The summed E-state index contributed by atoms with van der Waals surface area (Å²) in [4.78, 5) is 16.1. The van der Waals surface area contributed by atoms with Gasteiger partial charge in [0.2, 0.25) is 0 Å². The maximum atomic E-state index is 13.0. The van der Waals surface area contributed by atoms with E-state index in [1.54, 1.807) is 4.72 Å². The monoisotopic (exact) mass is 484 g/mol. The summed E-state index contributed by atoms with van der Waals surface area (Å²) in [6.45, 7) is 0.621. The van der Waals surface area contributed by atoms with E-state index in [2.05, 4.69) is 4.98 Å². The molecule has 0 radical (unpaired) electrons. The highest BCUT2D eigenvalue weighted by Gasteiger charge is 2.39. The zero-order chi connectivity index (χ0) is 22.4. The van der Waals surface area contributed by atoms with Crippen LogP contribution in [-0.4, -0.2) is 42.2 Å². The van der Waals surface area contributed by atoms with E-state index in [1.165, 1.54) is 26.2 Å². The molecule has 1 amide bonds. The molecule has 1 aromatic carbocycles. The molecule has 8 nitrogen and oxygen atoms in total. The summed E-state index contributed by atoms with van der Waals surface area (Å²) < 4.78 is 72.1. The van der Waals surface area contributed by atoms with E-state index in [0.717, 1.165) is 10.6 Å². The quantitative estimate of drug-likeness (QED) is 0.669. The van der Waals surface area contributed by atoms with Gasteiger partial charge in [0.25, 0.3) is 15.9 Å². The zero-order valence-corrected chi connectivity index (χ0v) is 17.6. The average molecular weight is 485 g/mol. The lowest BCUT2D eigenvalue weighted by Crippen LogP contribution is -2.37. The van der Waals surface area contributed by atoms with Gasteiger partial charge in [-0.2, -0.15) is 13.2 Å². The summed E-state index contributed by atoms with van der Waals surface area (Å²) in [5.41, 5.74) is -0.405. The van der Waals surface area contributed by atoms with Crippen LogP contribution in [0, 0.1) is 6.92 Å². The fourth-order valence-corrected chi connectivity index (χ4v) is 4.42. The van der Waals surface area contributed by atoms with Gasteiger partial charge in [-0.05, 0) is 19.1 Å². The second-order valence-electron chi connectivity index (χ2n) is 6.08. The highest BCUT2D eigenvalue weighted by Crippen LogP contribution is 2.33. The number of methoxy groups -OCH3 is 1. The number of halogens is 5. The van der Waals surface area contributed by atoms with Gasteiger partial charge in [-0.3, -0.25) is 9.69 Å². The summed E-state index contributed by atoms with van der Waals surface area (Å²) in [6, 6.07) is 3.82. The number of alkyl halides is 3. The molecule has 0 aliphatic carbocycles. The van der Waals surface area contributed by atoms with Crippen LogP contribution in [0.15, 0.2) is 29.3 Å². The van der Waals surface area contributed by atoms with Gasteiger partial charge >= 0.3 is 6.30 Å². The number of benzene rings is 1. The lowest BCUT2D eigenvalue weighted by Gasteiger charge is -2.28. The molecule has 30 heavy (non-hydrogen) atoms. The molecule has 0 fully saturated rings. The van der Waals surface area contributed by atoms with Gasteiger partial charge in [0.15, 0.2) is 11.5 Å². The molecule has 3 rings (SSSR count). The third kappa shape index (κ3) is 4.07. The van der Waals surface area contributed by atoms with Crippen molar-refractivity contribution in [1.82, 2.24) is 19.2 Å². The zero-order valence-electron chi connectivity index (χ0n) is 15.3. The van der Waals surface area contributed by atoms with Crippen LogP contribution in [-0.2, 0) is 16.7 Å². The number of hydrogen-bond donors (Lipinski definition) is 1. The third-order valence-corrected chi connectivity index (χ3v) is 6.27. The summed E-state index contributed by atoms with van der Waals surface area (Å²) >= 11 is 11.8. The fraction of sp³-hybridized carbons (Fsp3) is 0.250. The van der Waals surface area contributed by atoms with Crippen molar-refractivity contribution in [3.63, 3.8) is 0 Å². The van der Waals surface area contributed by atoms with Gasteiger partial charge in [-0.25, -0.2) is 18.1 Å². The number of imidazole rings is 1. The first-order chi connectivity index (χ1) is 13.8. The molecule has 0 atom stereocenters. The molecular formula is C16H13Cl2F3N4O4S. The van der Waals surface area contributed by atoms with Crippen molar-refractivity contribution in [3.8, 4) is 5.75 Å². The maximum Gasteiger partial charge on any atom is 0.485 e. The molecular weight excluding hydrogens is 472 g/mol. The minimum atomic E-state index is -4.70. The van der Waals surface area contributed by atoms with Crippen LogP contribution in [0.1, 0.15) is 22.0 Å². The minimum Gasteiger partial charge on any atom is -0.497 e. The molecule has 14 heteroatoms. The molecule has 0 saturated carbocycles. The van der Waals surface area contributed by atoms with E-state index in [-0.39, 0.29) is 32.2 Å². The van der Waals surface area contributed by atoms with Crippen molar-refractivity contribution < 1.29 is 31.1 Å².